The molecule has 2 amide bonds. The maximum atomic E-state index is 13.4. The van der Waals surface area contributed by atoms with Crippen LogP contribution in [0.4, 0.5) is 11.4 Å². The molecule has 1 heterocycles. The van der Waals surface area contributed by atoms with E-state index in [-0.39, 0.29) is 23.8 Å². The molecular formula is C30H33BrN4O3. The van der Waals surface area contributed by atoms with Gasteiger partial charge in [-0.1, -0.05) is 58.4 Å². The molecule has 2 unspecified atom stereocenters. The first kappa shape index (κ1) is 27.7. The fourth-order valence-electron chi connectivity index (χ4n) is 4.56. The van der Waals surface area contributed by atoms with Crippen molar-refractivity contribution < 1.29 is 14.7 Å². The molecule has 4 N–H and O–H groups in total. The normalized spacial score (nSPS) is 16.8. The van der Waals surface area contributed by atoms with Gasteiger partial charge in [-0.25, -0.2) is 10.9 Å². The van der Waals surface area contributed by atoms with Gasteiger partial charge in [-0.15, -0.1) is 0 Å². The maximum absolute atomic E-state index is 13.4. The van der Waals surface area contributed by atoms with Crippen LogP contribution in [0.25, 0.3) is 6.08 Å². The average Bonchev–Trinajstić information content (AvgIpc) is 2.94. The molecule has 0 radical (unpaired) electrons. The SMILES string of the molecule is NN(C(=O)C=Cc1ccc(C(CCN2CCCC(O)C2)C(=O)Nc2ccc(Br)cc2)cc1)c1ccccc1. The molecule has 8 heteroatoms. The van der Waals surface area contributed by atoms with Gasteiger partial charge in [0.1, 0.15) is 0 Å². The van der Waals surface area contributed by atoms with Gasteiger partial charge in [-0.05, 0) is 86.0 Å². The van der Waals surface area contributed by atoms with Crippen LogP contribution in [-0.4, -0.2) is 47.6 Å². The number of rotatable bonds is 9. The lowest BCUT2D eigenvalue weighted by Gasteiger charge is -2.31. The fourth-order valence-corrected chi connectivity index (χ4v) is 4.83. The van der Waals surface area contributed by atoms with Crippen molar-refractivity contribution in [3.05, 3.63) is 101 Å². The highest BCUT2D eigenvalue weighted by Gasteiger charge is 2.24. The summed E-state index contributed by atoms with van der Waals surface area (Å²) in [5.74, 6) is 5.16. The van der Waals surface area contributed by atoms with Crippen molar-refractivity contribution in [2.24, 2.45) is 5.84 Å². The molecule has 3 aromatic rings. The molecule has 38 heavy (non-hydrogen) atoms. The van der Waals surface area contributed by atoms with Crippen LogP contribution < -0.4 is 16.2 Å². The summed E-state index contributed by atoms with van der Waals surface area (Å²) in [5, 5.41) is 14.2. The summed E-state index contributed by atoms with van der Waals surface area (Å²) in [6.07, 6.45) is 5.25. The Morgan fingerprint density at radius 2 is 1.79 bits per heavy atom. The number of hydrazine groups is 1. The molecule has 1 aliphatic rings. The molecule has 1 aliphatic heterocycles. The number of nitrogens with two attached hydrogens (primary N) is 1. The van der Waals surface area contributed by atoms with E-state index in [4.69, 9.17) is 5.84 Å². The van der Waals surface area contributed by atoms with Gasteiger partial charge in [0.25, 0.3) is 5.91 Å². The van der Waals surface area contributed by atoms with Crippen molar-refractivity contribution in [1.29, 1.82) is 0 Å². The summed E-state index contributed by atoms with van der Waals surface area (Å²) in [4.78, 5) is 28.1. The first-order valence-electron chi connectivity index (χ1n) is 12.8. The first-order chi connectivity index (χ1) is 18.4. The minimum atomic E-state index is -0.366. The number of carbonyl (C=O) groups is 2. The molecule has 0 aliphatic carbocycles. The highest BCUT2D eigenvalue weighted by molar-refractivity contribution is 9.10. The van der Waals surface area contributed by atoms with Crippen molar-refractivity contribution >= 4 is 45.2 Å². The highest BCUT2D eigenvalue weighted by atomic mass is 79.9. The van der Waals surface area contributed by atoms with Crippen LogP contribution in [0, 0.1) is 0 Å². The molecule has 1 saturated heterocycles. The lowest BCUT2D eigenvalue weighted by atomic mass is 9.93. The number of benzene rings is 3. The lowest BCUT2D eigenvalue weighted by Crippen LogP contribution is -2.39. The predicted octanol–water partition coefficient (Wildman–Crippen LogP) is 4.94. The molecular weight excluding hydrogens is 544 g/mol. The summed E-state index contributed by atoms with van der Waals surface area (Å²) in [5.41, 5.74) is 3.07. The Labute approximate surface area is 232 Å². The van der Waals surface area contributed by atoms with E-state index in [9.17, 15) is 14.7 Å². The van der Waals surface area contributed by atoms with Gasteiger partial charge in [0.2, 0.25) is 5.91 Å². The third kappa shape index (κ3) is 7.85. The average molecular weight is 578 g/mol. The van der Waals surface area contributed by atoms with E-state index in [0.717, 1.165) is 52.2 Å². The Morgan fingerprint density at radius 3 is 2.47 bits per heavy atom. The second-order valence-electron chi connectivity index (χ2n) is 9.48. The van der Waals surface area contributed by atoms with Crippen molar-refractivity contribution in [2.45, 2.75) is 31.3 Å². The molecule has 198 valence electrons. The van der Waals surface area contributed by atoms with Crippen LogP contribution in [0.5, 0.6) is 0 Å². The number of hydrogen-bond acceptors (Lipinski definition) is 5. The van der Waals surface area contributed by atoms with Gasteiger partial charge in [0.05, 0.1) is 17.7 Å². The number of nitrogens with zero attached hydrogens (tertiary/aromatic N) is 2. The number of halogens is 1. The molecule has 3 aromatic carbocycles. The van der Waals surface area contributed by atoms with Crippen LogP contribution in [-0.2, 0) is 9.59 Å². The van der Waals surface area contributed by atoms with E-state index in [1.807, 2.05) is 66.7 Å². The number of aliphatic hydroxyl groups excluding tert-OH is 1. The number of likely N-dealkylation sites (tertiary alicyclic amines) is 1. The van der Waals surface area contributed by atoms with Gasteiger partial charge in [-0.3, -0.25) is 9.59 Å². The van der Waals surface area contributed by atoms with Crippen LogP contribution in [0.2, 0.25) is 0 Å². The van der Waals surface area contributed by atoms with Crippen LogP contribution >= 0.6 is 15.9 Å². The number of piperidine rings is 1. The van der Waals surface area contributed by atoms with Crippen LogP contribution in [0.15, 0.2) is 89.4 Å². The molecule has 7 nitrogen and oxygen atoms in total. The molecule has 4 rings (SSSR count). The highest BCUT2D eigenvalue weighted by Crippen LogP contribution is 2.25. The summed E-state index contributed by atoms with van der Waals surface area (Å²) >= 11 is 3.42. The topological polar surface area (TPSA) is 98.9 Å². The monoisotopic (exact) mass is 576 g/mol. The standard InChI is InChI=1S/C30H33BrN4O3/c31-24-13-15-25(16-14-24)33-30(38)28(18-20-34-19-4-7-27(36)21-34)23-11-8-22(9-12-23)10-17-29(37)35(32)26-5-2-1-3-6-26/h1-3,5-6,8-17,27-28,36H,4,7,18-21,32H2,(H,33,38). The predicted molar refractivity (Wildman–Crippen MR) is 155 cm³/mol. The second-order valence-corrected chi connectivity index (χ2v) is 10.4. The number of para-hydroxylation sites is 1. The number of aliphatic hydroxyl groups is 1. The molecule has 1 fully saturated rings. The van der Waals surface area contributed by atoms with E-state index in [0.29, 0.717) is 18.7 Å². The lowest BCUT2D eigenvalue weighted by molar-refractivity contribution is -0.118. The zero-order valence-corrected chi connectivity index (χ0v) is 22.8. The Kier molecular flexibility index (Phi) is 9.84. The van der Waals surface area contributed by atoms with Crippen LogP contribution in [0.3, 0.4) is 0 Å². The van der Waals surface area contributed by atoms with Gasteiger partial charge >= 0.3 is 0 Å². The quantitative estimate of drug-likeness (QED) is 0.145. The minimum Gasteiger partial charge on any atom is -0.392 e. The van der Waals surface area contributed by atoms with E-state index in [1.165, 1.54) is 6.08 Å². The molecule has 0 aromatic heterocycles. The van der Waals surface area contributed by atoms with Crippen molar-refractivity contribution in [1.82, 2.24) is 4.90 Å². The van der Waals surface area contributed by atoms with E-state index >= 15 is 0 Å². The first-order valence-corrected chi connectivity index (χ1v) is 13.6. The minimum absolute atomic E-state index is 0.0787. The third-order valence-electron chi connectivity index (χ3n) is 6.67. The maximum Gasteiger partial charge on any atom is 0.265 e. The number of carbonyl (C=O) groups excluding carboxylic acids is 2. The number of amides is 2. The molecule has 0 saturated carbocycles. The van der Waals surface area contributed by atoms with E-state index < -0.39 is 0 Å². The number of β-amino-alcohol motifs (C(OH)–C–C–N with tert-alkyl or cyclic N) is 1. The zero-order valence-electron chi connectivity index (χ0n) is 21.2. The summed E-state index contributed by atoms with van der Waals surface area (Å²) in [7, 11) is 0. The summed E-state index contributed by atoms with van der Waals surface area (Å²) in [6.45, 7) is 2.29. The molecule has 0 bridgehead atoms. The fraction of sp³-hybridized carbons (Fsp3) is 0.267. The van der Waals surface area contributed by atoms with Crippen molar-refractivity contribution in [3.63, 3.8) is 0 Å². The van der Waals surface area contributed by atoms with Gasteiger partial charge in [0.15, 0.2) is 0 Å². The van der Waals surface area contributed by atoms with Crippen molar-refractivity contribution in [2.75, 3.05) is 30.0 Å². The Morgan fingerprint density at radius 1 is 1.08 bits per heavy atom. The van der Waals surface area contributed by atoms with Gasteiger partial charge in [0, 0.05) is 22.8 Å². The van der Waals surface area contributed by atoms with E-state index in [1.54, 1.807) is 18.2 Å². The Hall–Kier alpha value is -3.30. The smallest absolute Gasteiger partial charge is 0.265 e. The molecule has 0 spiro atoms. The summed E-state index contributed by atoms with van der Waals surface area (Å²) in [6, 6.07) is 24.2. The van der Waals surface area contributed by atoms with Gasteiger partial charge < -0.3 is 15.3 Å². The van der Waals surface area contributed by atoms with Crippen molar-refractivity contribution in [3.8, 4) is 0 Å². The molecule has 2 atom stereocenters. The largest absolute Gasteiger partial charge is 0.392 e. The zero-order chi connectivity index (χ0) is 26.9. The number of hydrogen-bond donors (Lipinski definition) is 3. The Bertz CT molecular complexity index is 1230. The third-order valence-corrected chi connectivity index (χ3v) is 7.20. The van der Waals surface area contributed by atoms with Gasteiger partial charge in [-0.2, -0.15) is 0 Å². The van der Waals surface area contributed by atoms with Crippen LogP contribution in [0.1, 0.15) is 36.3 Å². The number of nitrogens with one attached hydrogen (secondary N) is 1. The summed E-state index contributed by atoms with van der Waals surface area (Å²) < 4.78 is 0.944. The number of anilines is 2. The van der Waals surface area contributed by atoms with E-state index in [2.05, 4.69) is 26.1 Å². The second kappa shape index (κ2) is 13.5. The Balaban J connectivity index is 1.45.